The summed E-state index contributed by atoms with van der Waals surface area (Å²) in [6, 6.07) is 7.15. The number of aryl methyl sites for hydroxylation is 1. The fourth-order valence-corrected chi connectivity index (χ4v) is 4.39. The molecular weight excluding hydrogens is 284 g/mol. The van der Waals surface area contributed by atoms with Crippen molar-refractivity contribution >= 4 is 10.0 Å². The maximum absolute atomic E-state index is 12.8. The molecule has 0 bridgehead atoms. The van der Waals surface area contributed by atoms with Crippen molar-refractivity contribution in [2.24, 2.45) is 5.92 Å². The Balaban J connectivity index is 2.16. The molecule has 1 aromatic rings. The maximum Gasteiger partial charge on any atom is 0.243 e. The Kier molecular flexibility index (Phi) is 5.79. The standard InChI is InChI=1S/C16H26N2O2S/c1-3-11-18(13-15-5-4-10-17-12-15)21(19,20)16-8-6-14(2)7-9-16/h6-9,15,17H,3-5,10-13H2,1-2H3. The van der Waals surface area contributed by atoms with Crippen LogP contribution in [0.25, 0.3) is 0 Å². The molecule has 5 heteroatoms. The van der Waals surface area contributed by atoms with E-state index in [4.69, 9.17) is 0 Å². The zero-order chi connectivity index (χ0) is 15.3. The van der Waals surface area contributed by atoms with E-state index in [9.17, 15) is 8.42 Å². The number of piperidine rings is 1. The largest absolute Gasteiger partial charge is 0.316 e. The Hall–Kier alpha value is -0.910. The van der Waals surface area contributed by atoms with E-state index in [2.05, 4.69) is 5.32 Å². The van der Waals surface area contributed by atoms with Crippen molar-refractivity contribution in [3.8, 4) is 0 Å². The molecular formula is C16H26N2O2S. The summed E-state index contributed by atoms with van der Waals surface area (Å²) < 4.78 is 27.3. The number of benzene rings is 1. The average Bonchev–Trinajstić information content (AvgIpc) is 2.48. The molecule has 1 aliphatic heterocycles. The van der Waals surface area contributed by atoms with Crippen molar-refractivity contribution in [1.29, 1.82) is 0 Å². The monoisotopic (exact) mass is 310 g/mol. The molecule has 1 unspecified atom stereocenters. The first kappa shape index (κ1) is 16.5. The van der Waals surface area contributed by atoms with Crippen LogP contribution in [0.5, 0.6) is 0 Å². The van der Waals surface area contributed by atoms with Gasteiger partial charge in [-0.15, -0.1) is 0 Å². The Morgan fingerprint density at radius 2 is 2.00 bits per heavy atom. The lowest BCUT2D eigenvalue weighted by Gasteiger charge is -2.29. The highest BCUT2D eigenvalue weighted by atomic mass is 32.2. The molecule has 1 fully saturated rings. The van der Waals surface area contributed by atoms with E-state index in [-0.39, 0.29) is 0 Å². The van der Waals surface area contributed by atoms with Crippen LogP contribution in [0.2, 0.25) is 0 Å². The van der Waals surface area contributed by atoms with E-state index in [1.807, 2.05) is 26.0 Å². The topological polar surface area (TPSA) is 49.4 Å². The SMILES string of the molecule is CCCN(CC1CCCNC1)S(=O)(=O)c1ccc(C)cc1. The molecule has 21 heavy (non-hydrogen) atoms. The van der Waals surface area contributed by atoms with Crippen LogP contribution in [0.3, 0.4) is 0 Å². The molecule has 118 valence electrons. The smallest absolute Gasteiger partial charge is 0.243 e. The van der Waals surface area contributed by atoms with Crippen LogP contribution in [0.15, 0.2) is 29.2 Å². The van der Waals surface area contributed by atoms with Gasteiger partial charge in [0.05, 0.1) is 4.90 Å². The van der Waals surface area contributed by atoms with Gasteiger partial charge in [0, 0.05) is 13.1 Å². The highest BCUT2D eigenvalue weighted by Crippen LogP contribution is 2.20. The van der Waals surface area contributed by atoms with Crippen molar-refractivity contribution in [2.45, 2.75) is 38.0 Å². The van der Waals surface area contributed by atoms with E-state index in [0.29, 0.717) is 23.9 Å². The number of rotatable bonds is 6. The second-order valence-corrected chi connectivity index (χ2v) is 7.83. The molecule has 1 N–H and O–H groups in total. The van der Waals surface area contributed by atoms with Gasteiger partial charge in [-0.1, -0.05) is 24.6 Å². The summed E-state index contributed by atoms with van der Waals surface area (Å²) >= 11 is 0. The molecule has 0 spiro atoms. The molecule has 1 saturated heterocycles. The Labute approximate surface area is 128 Å². The molecule has 0 aromatic heterocycles. The summed E-state index contributed by atoms with van der Waals surface area (Å²) in [5.41, 5.74) is 1.08. The minimum absolute atomic E-state index is 0.408. The van der Waals surface area contributed by atoms with Crippen LogP contribution >= 0.6 is 0 Å². The fourth-order valence-electron chi connectivity index (χ4n) is 2.79. The van der Waals surface area contributed by atoms with Crippen molar-refractivity contribution in [1.82, 2.24) is 9.62 Å². The van der Waals surface area contributed by atoms with Gasteiger partial charge in [-0.2, -0.15) is 4.31 Å². The summed E-state index contributed by atoms with van der Waals surface area (Å²) in [6.45, 7) is 7.17. The van der Waals surface area contributed by atoms with Gasteiger partial charge >= 0.3 is 0 Å². The van der Waals surface area contributed by atoms with Crippen LogP contribution in [0.4, 0.5) is 0 Å². The van der Waals surface area contributed by atoms with E-state index in [1.165, 1.54) is 0 Å². The molecule has 1 aromatic carbocycles. The molecule has 2 rings (SSSR count). The van der Waals surface area contributed by atoms with Gasteiger partial charge in [-0.25, -0.2) is 8.42 Å². The van der Waals surface area contributed by atoms with E-state index >= 15 is 0 Å². The minimum Gasteiger partial charge on any atom is -0.316 e. The third-order valence-corrected chi connectivity index (χ3v) is 5.87. The zero-order valence-electron chi connectivity index (χ0n) is 13.0. The first-order chi connectivity index (χ1) is 10.0. The van der Waals surface area contributed by atoms with Crippen molar-refractivity contribution in [2.75, 3.05) is 26.2 Å². The predicted molar refractivity (Wildman–Crippen MR) is 85.8 cm³/mol. The Morgan fingerprint density at radius 1 is 1.29 bits per heavy atom. The first-order valence-corrected chi connectivity index (χ1v) is 9.25. The zero-order valence-corrected chi connectivity index (χ0v) is 13.8. The lowest BCUT2D eigenvalue weighted by Crippen LogP contribution is -2.41. The van der Waals surface area contributed by atoms with Crippen LogP contribution in [0, 0.1) is 12.8 Å². The molecule has 1 atom stereocenters. The van der Waals surface area contributed by atoms with Gasteiger partial charge in [0.25, 0.3) is 0 Å². The normalized spacial score (nSPS) is 19.9. The van der Waals surface area contributed by atoms with Gasteiger partial charge < -0.3 is 5.32 Å². The van der Waals surface area contributed by atoms with Gasteiger partial charge in [0.15, 0.2) is 0 Å². The Bertz CT molecular complexity index is 534. The van der Waals surface area contributed by atoms with Crippen molar-refractivity contribution in [3.63, 3.8) is 0 Å². The quantitative estimate of drug-likeness (QED) is 0.878. The summed E-state index contributed by atoms with van der Waals surface area (Å²) in [5.74, 6) is 0.422. The maximum atomic E-state index is 12.8. The van der Waals surface area contributed by atoms with Crippen molar-refractivity contribution in [3.05, 3.63) is 29.8 Å². The van der Waals surface area contributed by atoms with E-state index < -0.39 is 10.0 Å². The number of nitrogens with one attached hydrogen (secondary N) is 1. The lowest BCUT2D eigenvalue weighted by atomic mass is 10.00. The summed E-state index contributed by atoms with van der Waals surface area (Å²) in [6.07, 6.45) is 3.08. The van der Waals surface area contributed by atoms with Gasteiger partial charge in [-0.05, 0) is 57.3 Å². The molecule has 0 saturated carbocycles. The average molecular weight is 310 g/mol. The second-order valence-electron chi connectivity index (χ2n) is 5.89. The predicted octanol–water partition coefficient (Wildman–Crippen LogP) is 2.40. The molecule has 0 radical (unpaired) electrons. The summed E-state index contributed by atoms with van der Waals surface area (Å²) in [7, 11) is -3.37. The minimum atomic E-state index is -3.37. The Morgan fingerprint density at radius 3 is 2.57 bits per heavy atom. The van der Waals surface area contributed by atoms with Crippen LogP contribution in [0.1, 0.15) is 31.7 Å². The molecule has 1 heterocycles. The molecule has 0 aliphatic carbocycles. The van der Waals surface area contributed by atoms with Crippen LogP contribution in [-0.2, 0) is 10.0 Å². The van der Waals surface area contributed by atoms with Crippen LogP contribution < -0.4 is 5.32 Å². The third-order valence-electron chi connectivity index (χ3n) is 3.99. The van der Waals surface area contributed by atoms with Gasteiger partial charge in [0.2, 0.25) is 10.0 Å². The van der Waals surface area contributed by atoms with Gasteiger partial charge in [-0.3, -0.25) is 0 Å². The molecule has 0 amide bonds. The number of nitrogens with zero attached hydrogens (tertiary/aromatic N) is 1. The number of sulfonamides is 1. The fraction of sp³-hybridized carbons (Fsp3) is 0.625. The van der Waals surface area contributed by atoms with E-state index in [1.54, 1.807) is 16.4 Å². The van der Waals surface area contributed by atoms with Gasteiger partial charge in [0.1, 0.15) is 0 Å². The number of hydrogen-bond acceptors (Lipinski definition) is 3. The highest BCUT2D eigenvalue weighted by Gasteiger charge is 2.27. The second kappa shape index (κ2) is 7.38. The van der Waals surface area contributed by atoms with E-state index in [0.717, 1.165) is 37.9 Å². The van der Waals surface area contributed by atoms with Crippen LogP contribution in [-0.4, -0.2) is 38.9 Å². The summed E-state index contributed by atoms with van der Waals surface area (Å²) in [5, 5.41) is 3.36. The lowest BCUT2D eigenvalue weighted by molar-refractivity contribution is 0.291. The highest BCUT2D eigenvalue weighted by molar-refractivity contribution is 7.89. The molecule has 4 nitrogen and oxygen atoms in total. The number of hydrogen-bond donors (Lipinski definition) is 1. The third kappa shape index (κ3) is 4.28. The van der Waals surface area contributed by atoms with Crippen molar-refractivity contribution < 1.29 is 8.42 Å². The molecule has 1 aliphatic rings. The first-order valence-electron chi connectivity index (χ1n) is 7.81. The summed E-state index contributed by atoms with van der Waals surface area (Å²) in [4.78, 5) is 0.408.